The van der Waals surface area contributed by atoms with E-state index in [1.807, 2.05) is 0 Å². The van der Waals surface area contributed by atoms with Crippen LogP contribution in [0.1, 0.15) is 47.8 Å². The van der Waals surface area contributed by atoms with Crippen LogP contribution in [0.4, 0.5) is 0 Å². The lowest BCUT2D eigenvalue weighted by atomic mass is 9.95. The van der Waals surface area contributed by atoms with Crippen molar-refractivity contribution in [2.45, 2.75) is 50.9 Å². The number of hydrogen-bond acceptors (Lipinski definition) is 3. The molecule has 4 nitrogen and oxygen atoms in total. The second kappa shape index (κ2) is 5.08. The molecule has 0 aliphatic heterocycles. The van der Waals surface area contributed by atoms with Gasteiger partial charge in [0.25, 0.3) is 5.91 Å². The molecule has 0 aromatic carbocycles. The van der Waals surface area contributed by atoms with E-state index in [4.69, 9.17) is 16.0 Å². The summed E-state index contributed by atoms with van der Waals surface area (Å²) >= 11 is 6.02. The van der Waals surface area contributed by atoms with Gasteiger partial charge in [0.15, 0.2) is 5.89 Å². The van der Waals surface area contributed by atoms with Gasteiger partial charge in [-0.05, 0) is 32.6 Å². The average Bonchev–Trinajstić information content (AvgIpc) is 2.61. The van der Waals surface area contributed by atoms with Crippen LogP contribution in [0.15, 0.2) is 4.42 Å². The predicted octanol–water partition coefficient (Wildman–Crippen LogP) is 2.57. The smallest absolute Gasteiger partial charge is 0.289 e. The second-order valence-corrected chi connectivity index (χ2v) is 5.19. The normalized spacial score (nSPS) is 24.6. The Morgan fingerprint density at radius 3 is 2.53 bits per heavy atom. The Kier molecular flexibility index (Phi) is 3.72. The number of nitrogens with one attached hydrogen (secondary N) is 1. The lowest BCUT2D eigenvalue weighted by molar-refractivity contribution is 0.0897. The number of nitrogens with zero attached hydrogens (tertiary/aromatic N) is 1. The van der Waals surface area contributed by atoms with Crippen molar-refractivity contribution >= 4 is 17.5 Å². The van der Waals surface area contributed by atoms with E-state index in [0.717, 1.165) is 25.7 Å². The van der Waals surface area contributed by atoms with Crippen LogP contribution in [-0.2, 0) is 0 Å². The molecule has 1 aliphatic rings. The number of aryl methyl sites for hydroxylation is 2. The summed E-state index contributed by atoms with van der Waals surface area (Å²) in [6, 6.07) is 0.210. The first-order valence-corrected chi connectivity index (χ1v) is 6.39. The monoisotopic (exact) mass is 256 g/mol. The number of carbonyl (C=O) groups is 1. The summed E-state index contributed by atoms with van der Waals surface area (Å²) in [4.78, 5) is 16.0. The molecule has 17 heavy (non-hydrogen) atoms. The largest absolute Gasteiger partial charge is 0.436 e. The minimum Gasteiger partial charge on any atom is -0.436 e. The van der Waals surface area contributed by atoms with Gasteiger partial charge in [0, 0.05) is 18.3 Å². The Bertz CT molecular complexity index is 409. The van der Waals surface area contributed by atoms with Crippen molar-refractivity contribution in [1.82, 2.24) is 10.3 Å². The number of hydrogen-bond donors (Lipinski definition) is 1. The van der Waals surface area contributed by atoms with Gasteiger partial charge in [-0.25, -0.2) is 4.98 Å². The van der Waals surface area contributed by atoms with E-state index < -0.39 is 0 Å². The number of carbonyl (C=O) groups excluding carboxylic acids is 1. The molecule has 1 fully saturated rings. The molecule has 0 bridgehead atoms. The van der Waals surface area contributed by atoms with Crippen LogP contribution in [-0.4, -0.2) is 22.3 Å². The van der Waals surface area contributed by atoms with Gasteiger partial charge < -0.3 is 9.73 Å². The molecule has 1 saturated carbocycles. The fourth-order valence-electron chi connectivity index (χ4n) is 2.19. The summed E-state index contributed by atoms with van der Waals surface area (Å²) in [5, 5.41) is 3.24. The first kappa shape index (κ1) is 12.4. The van der Waals surface area contributed by atoms with Crippen LogP contribution in [0.5, 0.6) is 0 Å². The van der Waals surface area contributed by atoms with Crippen molar-refractivity contribution in [1.29, 1.82) is 0 Å². The summed E-state index contributed by atoms with van der Waals surface area (Å²) in [5.74, 6) is 0.689. The molecule has 2 rings (SSSR count). The Hall–Kier alpha value is -1.03. The van der Waals surface area contributed by atoms with E-state index in [9.17, 15) is 4.79 Å². The van der Waals surface area contributed by atoms with Gasteiger partial charge in [-0.3, -0.25) is 4.79 Å². The molecule has 0 radical (unpaired) electrons. The van der Waals surface area contributed by atoms with Crippen LogP contribution >= 0.6 is 11.6 Å². The molecule has 1 N–H and O–H groups in total. The molecule has 94 valence electrons. The topological polar surface area (TPSA) is 55.1 Å². The van der Waals surface area contributed by atoms with Crippen LogP contribution in [0.25, 0.3) is 0 Å². The summed E-state index contributed by atoms with van der Waals surface area (Å²) in [7, 11) is 0. The molecule has 0 spiro atoms. The van der Waals surface area contributed by atoms with E-state index in [1.54, 1.807) is 13.8 Å². The molecule has 5 heteroatoms. The number of rotatable bonds is 2. The average molecular weight is 257 g/mol. The van der Waals surface area contributed by atoms with Crippen molar-refractivity contribution in [3.8, 4) is 0 Å². The second-order valence-electron chi connectivity index (χ2n) is 4.57. The lowest BCUT2D eigenvalue weighted by Crippen LogP contribution is -2.37. The quantitative estimate of drug-likeness (QED) is 0.828. The summed E-state index contributed by atoms with van der Waals surface area (Å²) in [6.45, 7) is 3.52. The summed E-state index contributed by atoms with van der Waals surface area (Å²) in [5.41, 5.74) is 0.644. The number of amides is 1. The highest BCUT2D eigenvalue weighted by Crippen LogP contribution is 2.23. The molecule has 1 aromatic rings. The van der Waals surface area contributed by atoms with E-state index in [-0.39, 0.29) is 17.3 Å². The fraction of sp³-hybridized carbons (Fsp3) is 0.667. The standard InChI is InChI=1S/C12H17ClN2O2/c1-7-11(17-8(2)14-7)12(16)15-10-5-3-9(13)4-6-10/h9-10H,3-6H2,1-2H3,(H,15,16). The molecule has 0 atom stereocenters. The molecular formula is C12H17ClN2O2. The van der Waals surface area contributed by atoms with Crippen molar-refractivity contribution in [3.05, 3.63) is 17.3 Å². The third-order valence-electron chi connectivity index (χ3n) is 3.10. The number of aromatic nitrogens is 1. The van der Waals surface area contributed by atoms with Gasteiger partial charge in [0.05, 0.1) is 5.69 Å². The van der Waals surface area contributed by atoms with Gasteiger partial charge in [-0.15, -0.1) is 11.6 Å². The third kappa shape index (κ3) is 3.00. The minimum atomic E-state index is -0.166. The maximum Gasteiger partial charge on any atom is 0.289 e. The van der Waals surface area contributed by atoms with Crippen LogP contribution < -0.4 is 5.32 Å². The van der Waals surface area contributed by atoms with Gasteiger partial charge >= 0.3 is 0 Å². The number of alkyl halides is 1. The third-order valence-corrected chi connectivity index (χ3v) is 3.54. The highest BCUT2D eigenvalue weighted by molar-refractivity contribution is 6.20. The fourth-order valence-corrected chi connectivity index (χ4v) is 2.44. The molecule has 0 unspecified atom stereocenters. The summed E-state index contributed by atoms with van der Waals surface area (Å²) in [6.07, 6.45) is 3.79. The zero-order valence-corrected chi connectivity index (χ0v) is 10.9. The van der Waals surface area contributed by atoms with Crippen LogP contribution in [0.3, 0.4) is 0 Å². The number of halogens is 1. The minimum absolute atomic E-state index is 0.166. The lowest BCUT2D eigenvalue weighted by Gasteiger charge is -2.25. The molecule has 1 heterocycles. The Morgan fingerprint density at radius 2 is 2.00 bits per heavy atom. The Labute approximate surface area is 106 Å². The van der Waals surface area contributed by atoms with Crippen molar-refractivity contribution in [2.75, 3.05) is 0 Å². The van der Waals surface area contributed by atoms with Gasteiger partial charge in [0.2, 0.25) is 5.76 Å². The molecule has 1 aromatic heterocycles. The van der Waals surface area contributed by atoms with Gasteiger partial charge in [0.1, 0.15) is 0 Å². The summed E-state index contributed by atoms with van der Waals surface area (Å²) < 4.78 is 5.29. The SMILES string of the molecule is Cc1nc(C)c(C(=O)NC2CCC(Cl)CC2)o1. The first-order chi connectivity index (χ1) is 8.06. The van der Waals surface area contributed by atoms with Gasteiger partial charge in [-0.1, -0.05) is 0 Å². The Balaban J connectivity index is 1.95. The highest BCUT2D eigenvalue weighted by Gasteiger charge is 2.23. The highest BCUT2D eigenvalue weighted by atomic mass is 35.5. The maximum absolute atomic E-state index is 12.0. The molecular weight excluding hydrogens is 240 g/mol. The van der Waals surface area contributed by atoms with Crippen molar-refractivity contribution in [3.63, 3.8) is 0 Å². The predicted molar refractivity (Wildman–Crippen MR) is 65.3 cm³/mol. The molecule has 1 aliphatic carbocycles. The van der Waals surface area contributed by atoms with E-state index in [1.165, 1.54) is 0 Å². The zero-order valence-electron chi connectivity index (χ0n) is 10.1. The maximum atomic E-state index is 12.0. The molecule has 1 amide bonds. The van der Waals surface area contributed by atoms with Crippen LogP contribution in [0.2, 0.25) is 0 Å². The first-order valence-electron chi connectivity index (χ1n) is 5.95. The number of oxazole rings is 1. The van der Waals surface area contributed by atoms with E-state index in [2.05, 4.69) is 10.3 Å². The Morgan fingerprint density at radius 1 is 1.35 bits per heavy atom. The van der Waals surface area contributed by atoms with Crippen LogP contribution in [0, 0.1) is 13.8 Å². The zero-order chi connectivity index (χ0) is 12.4. The van der Waals surface area contributed by atoms with E-state index in [0.29, 0.717) is 17.3 Å². The van der Waals surface area contributed by atoms with E-state index >= 15 is 0 Å². The van der Waals surface area contributed by atoms with Gasteiger partial charge in [-0.2, -0.15) is 0 Å². The molecule has 0 saturated heterocycles. The van der Waals surface area contributed by atoms with Crippen molar-refractivity contribution < 1.29 is 9.21 Å². The van der Waals surface area contributed by atoms with Crippen molar-refractivity contribution in [2.24, 2.45) is 0 Å².